The van der Waals surface area contributed by atoms with E-state index in [1.807, 2.05) is 49.4 Å². The van der Waals surface area contributed by atoms with E-state index in [4.69, 9.17) is 9.47 Å². The zero-order valence-corrected chi connectivity index (χ0v) is 17.1. The topological polar surface area (TPSA) is 81.5 Å². The van der Waals surface area contributed by atoms with Crippen molar-refractivity contribution in [2.75, 3.05) is 0 Å². The lowest BCUT2D eigenvalue weighted by Crippen LogP contribution is -2.29. The van der Waals surface area contributed by atoms with Crippen LogP contribution in [0, 0.1) is 11.8 Å². The molecule has 156 valence electrons. The molecule has 2 saturated heterocycles. The molecule has 3 aliphatic rings. The van der Waals surface area contributed by atoms with Gasteiger partial charge in [0.05, 0.1) is 46.8 Å². The fourth-order valence-electron chi connectivity index (χ4n) is 5.36. The van der Waals surface area contributed by atoms with Crippen molar-refractivity contribution < 1.29 is 19.4 Å². The van der Waals surface area contributed by atoms with Crippen LogP contribution in [0.15, 0.2) is 54.4 Å². The molecule has 6 heteroatoms. The van der Waals surface area contributed by atoms with Crippen LogP contribution in [-0.4, -0.2) is 33.1 Å². The summed E-state index contributed by atoms with van der Waals surface area (Å²) < 4.78 is 11.9. The Kier molecular flexibility index (Phi) is 4.11. The first-order chi connectivity index (χ1) is 15.1. The fraction of sp³-hybridized carbons (Fsp3) is 0.320. The number of hydrogen-bond acceptors (Lipinski definition) is 6. The van der Waals surface area contributed by atoms with Crippen LogP contribution in [0.4, 0.5) is 0 Å². The molecule has 6 nitrogen and oxygen atoms in total. The molecule has 2 bridgehead atoms. The summed E-state index contributed by atoms with van der Waals surface area (Å²) in [4.78, 5) is 22.2. The maximum absolute atomic E-state index is 13.3. The molecule has 0 radical (unpaired) electrons. The van der Waals surface area contributed by atoms with Crippen molar-refractivity contribution in [1.29, 1.82) is 0 Å². The summed E-state index contributed by atoms with van der Waals surface area (Å²) in [6.45, 7) is 2.04. The number of ketones is 1. The third-order valence-electron chi connectivity index (χ3n) is 6.77. The van der Waals surface area contributed by atoms with Gasteiger partial charge in [0.2, 0.25) is 5.88 Å². The molecule has 0 saturated carbocycles. The molecule has 0 spiro atoms. The highest BCUT2D eigenvalue weighted by Crippen LogP contribution is 2.54. The van der Waals surface area contributed by atoms with Crippen molar-refractivity contribution in [1.82, 2.24) is 9.97 Å². The summed E-state index contributed by atoms with van der Waals surface area (Å²) in [6, 6.07) is 13.3. The van der Waals surface area contributed by atoms with Crippen molar-refractivity contribution >= 4 is 22.4 Å². The molecular formula is C25H22N2O4. The Morgan fingerprint density at radius 1 is 1.10 bits per heavy atom. The second-order valence-electron chi connectivity index (χ2n) is 8.44. The van der Waals surface area contributed by atoms with Crippen molar-refractivity contribution in [3.05, 3.63) is 65.5 Å². The van der Waals surface area contributed by atoms with E-state index in [0.29, 0.717) is 17.2 Å². The number of aromatic nitrogens is 2. The van der Waals surface area contributed by atoms with Gasteiger partial charge in [0, 0.05) is 0 Å². The summed E-state index contributed by atoms with van der Waals surface area (Å²) in [7, 11) is 0. The Morgan fingerprint density at radius 3 is 2.65 bits per heavy atom. The fourth-order valence-corrected chi connectivity index (χ4v) is 5.36. The van der Waals surface area contributed by atoms with E-state index in [2.05, 4.69) is 9.97 Å². The Hall–Kier alpha value is -3.25. The van der Waals surface area contributed by atoms with Crippen LogP contribution in [0.2, 0.25) is 0 Å². The maximum Gasteiger partial charge on any atom is 0.238 e. The number of aliphatic hydroxyl groups is 1. The highest BCUT2D eigenvalue weighted by Gasteiger charge is 2.59. The first-order valence-electron chi connectivity index (χ1n) is 10.8. The number of para-hydroxylation sites is 2. The van der Waals surface area contributed by atoms with E-state index < -0.39 is 0 Å². The summed E-state index contributed by atoms with van der Waals surface area (Å²) in [5.74, 6) is 0.650. The number of ether oxygens (including phenoxy) is 2. The second kappa shape index (κ2) is 6.89. The van der Waals surface area contributed by atoms with Crippen LogP contribution in [0.3, 0.4) is 0 Å². The Labute approximate surface area is 179 Å². The molecule has 31 heavy (non-hydrogen) atoms. The highest BCUT2D eigenvalue weighted by atomic mass is 16.5. The van der Waals surface area contributed by atoms with Crippen LogP contribution in [-0.2, 0) is 16.0 Å². The third-order valence-corrected chi connectivity index (χ3v) is 6.77. The lowest BCUT2D eigenvalue weighted by molar-refractivity contribution is -0.118. The average Bonchev–Trinajstić information content (AvgIpc) is 3.47. The van der Waals surface area contributed by atoms with Gasteiger partial charge in [0.1, 0.15) is 11.5 Å². The quantitative estimate of drug-likeness (QED) is 0.670. The van der Waals surface area contributed by atoms with E-state index in [-0.39, 0.29) is 35.6 Å². The normalized spacial score (nSPS) is 26.7. The van der Waals surface area contributed by atoms with Gasteiger partial charge in [-0.05, 0) is 54.7 Å². The van der Waals surface area contributed by atoms with Crippen molar-refractivity contribution in [3.8, 4) is 11.6 Å². The standard InChI is InChI=1S/C25H22N2O4/c1-2-13-7-8-14(30-20-12-26-16-5-3-4-6-17(16)27-20)11-15(13)21-24(28)22-18-9-10-19(31-18)23(22)25(21)29/h3-8,11-12,18-19,22-23,28H,2,9-10H2,1H3. The lowest BCUT2D eigenvalue weighted by atomic mass is 9.80. The van der Waals surface area contributed by atoms with Crippen molar-refractivity contribution in [2.24, 2.45) is 11.8 Å². The molecule has 1 aromatic heterocycles. The average molecular weight is 414 g/mol. The summed E-state index contributed by atoms with van der Waals surface area (Å²) in [5, 5.41) is 11.0. The number of rotatable bonds is 4. The van der Waals surface area contributed by atoms with Crippen LogP contribution in [0.5, 0.6) is 11.6 Å². The molecule has 3 aromatic rings. The smallest absolute Gasteiger partial charge is 0.238 e. The molecule has 1 aliphatic carbocycles. The van der Waals surface area contributed by atoms with E-state index in [1.165, 1.54) is 0 Å². The number of carbonyl (C=O) groups excluding carboxylic acids is 1. The number of aliphatic hydroxyl groups excluding tert-OH is 1. The number of carbonyl (C=O) groups is 1. The first kappa shape index (κ1) is 18.5. The van der Waals surface area contributed by atoms with E-state index >= 15 is 0 Å². The molecule has 2 aromatic carbocycles. The highest BCUT2D eigenvalue weighted by molar-refractivity contribution is 6.25. The predicted molar refractivity (Wildman–Crippen MR) is 115 cm³/mol. The van der Waals surface area contributed by atoms with Crippen molar-refractivity contribution in [2.45, 2.75) is 38.4 Å². The molecule has 2 aliphatic heterocycles. The van der Waals surface area contributed by atoms with E-state index in [9.17, 15) is 9.90 Å². The van der Waals surface area contributed by atoms with Crippen LogP contribution in [0.25, 0.3) is 16.6 Å². The molecule has 6 rings (SSSR count). The van der Waals surface area contributed by atoms with Crippen molar-refractivity contribution in [3.63, 3.8) is 0 Å². The second-order valence-corrected chi connectivity index (χ2v) is 8.44. The van der Waals surface area contributed by atoms with Gasteiger partial charge >= 0.3 is 0 Å². The Balaban J connectivity index is 1.38. The minimum absolute atomic E-state index is 0.00736. The van der Waals surface area contributed by atoms with Gasteiger partial charge in [-0.3, -0.25) is 4.79 Å². The zero-order valence-electron chi connectivity index (χ0n) is 17.1. The minimum Gasteiger partial charge on any atom is -0.511 e. The number of Topliss-reactive ketones (excluding diaryl/α,β-unsaturated/α-hetero) is 1. The zero-order chi connectivity index (χ0) is 21.1. The van der Waals surface area contributed by atoms with E-state index in [0.717, 1.165) is 41.4 Å². The summed E-state index contributed by atoms with van der Waals surface area (Å²) in [6.07, 6.45) is 4.01. The molecule has 2 fully saturated rings. The summed E-state index contributed by atoms with van der Waals surface area (Å²) in [5.41, 5.74) is 3.72. The number of nitrogens with zero attached hydrogens (tertiary/aromatic N) is 2. The molecule has 3 heterocycles. The van der Waals surface area contributed by atoms with Gasteiger partial charge in [0.25, 0.3) is 0 Å². The largest absolute Gasteiger partial charge is 0.511 e. The number of fused-ring (bicyclic) bond motifs is 6. The van der Waals surface area contributed by atoms with Gasteiger partial charge in [0.15, 0.2) is 5.78 Å². The van der Waals surface area contributed by atoms with Crippen LogP contribution >= 0.6 is 0 Å². The minimum atomic E-state index is -0.255. The third kappa shape index (κ3) is 2.78. The van der Waals surface area contributed by atoms with E-state index in [1.54, 1.807) is 6.20 Å². The maximum atomic E-state index is 13.3. The monoisotopic (exact) mass is 414 g/mol. The number of aryl methyl sites for hydroxylation is 1. The van der Waals surface area contributed by atoms with Gasteiger partial charge in [-0.15, -0.1) is 0 Å². The van der Waals surface area contributed by atoms with Gasteiger partial charge in [-0.1, -0.05) is 25.1 Å². The van der Waals surface area contributed by atoms with Gasteiger partial charge < -0.3 is 14.6 Å². The Bertz CT molecular complexity index is 1250. The van der Waals surface area contributed by atoms with Crippen LogP contribution < -0.4 is 4.74 Å². The van der Waals surface area contributed by atoms with Crippen LogP contribution in [0.1, 0.15) is 30.9 Å². The first-order valence-corrected chi connectivity index (χ1v) is 10.8. The SMILES string of the molecule is CCc1ccc(Oc2cnc3ccccc3n2)cc1C1=C(O)C2C3CCC(O3)C2C1=O. The molecule has 1 N–H and O–H groups in total. The molecule has 0 amide bonds. The van der Waals surface area contributed by atoms with Gasteiger partial charge in [-0.25, -0.2) is 9.97 Å². The molecule has 4 atom stereocenters. The number of hydrogen-bond donors (Lipinski definition) is 1. The van der Waals surface area contributed by atoms with Gasteiger partial charge in [-0.2, -0.15) is 0 Å². The summed E-state index contributed by atoms with van der Waals surface area (Å²) >= 11 is 0. The molecule has 4 unspecified atom stereocenters. The lowest BCUT2D eigenvalue weighted by Gasteiger charge is -2.19. The molecular weight excluding hydrogens is 392 g/mol. The number of allylic oxidation sites excluding steroid dienone is 1. The Morgan fingerprint density at radius 2 is 1.87 bits per heavy atom. The number of benzene rings is 2. The predicted octanol–water partition coefficient (Wildman–Crippen LogP) is 4.63.